The van der Waals surface area contributed by atoms with Crippen LogP contribution < -0.4 is 0 Å². The highest BCUT2D eigenvalue weighted by molar-refractivity contribution is 6.07. The molecule has 1 aliphatic heterocycles. The van der Waals surface area contributed by atoms with E-state index < -0.39 is 29.1 Å². The van der Waals surface area contributed by atoms with Crippen LogP contribution in [0.1, 0.15) is 49.6 Å². The van der Waals surface area contributed by atoms with Gasteiger partial charge in [-0.3, -0.25) is 4.98 Å². The summed E-state index contributed by atoms with van der Waals surface area (Å²) in [5.41, 5.74) is 2.39. The quantitative estimate of drug-likeness (QED) is 0.293. The summed E-state index contributed by atoms with van der Waals surface area (Å²) in [5.74, 6) is -2.14. The SMILES string of the molecule is Cc1nnn(C)c1-c1cnc2c3ccc(C(C)(C)O)c(F)c3n(C(c3ccc(F)cc3F)C3CCOCC3)c2c1. The van der Waals surface area contributed by atoms with E-state index in [1.807, 2.05) is 13.0 Å². The van der Waals surface area contributed by atoms with E-state index in [2.05, 4.69) is 10.3 Å². The van der Waals surface area contributed by atoms with E-state index >= 15 is 8.78 Å². The Hall–Kier alpha value is -3.76. The van der Waals surface area contributed by atoms with Gasteiger partial charge in [-0.2, -0.15) is 0 Å². The maximum atomic E-state index is 16.6. The van der Waals surface area contributed by atoms with Crippen molar-refractivity contribution in [1.82, 2.24) is 24.5 Å². The van der Waals surface area contributed by atoms with Gasteiger partial charge in [0.1, 0.15) is 11.6 Å². The zero-order valence-electron chi connectivity index (χ0n) is 22.8. The normalized spacial score (nSPS) is 15.8. The van der Waals surface area contributed by atoms with Crippen LogP contribution in [0.2, 0.25) is 0 Å². The van der Waals surface area contributed by atoms with Gasteiger partial charge >= 0.3 is 0 Å². The van der Waals surface area contributed by atoms with Gasteiger partial charge in [0.2, 0.25) is 0 Å². The fourth-order valence-corrected chi connectivity index (χ4v) is 6.08. The molecule has 0 saturated carbocycles. The van der Waals surface area contributed by atoms with Crippen LogP contribution in [-0.4, -0.2) is 42.9 Å². The van der Waals surface area contributed by atoms with Crippen molar-refractivity contribution in [3.05, 3.63) is 76.9 Å². The van der Waals surface area contributed by atoms with Crippen LogP contribution >= 0.6 is 0 Å². The standard InChI is InChI=1S/C30H30F3N5O2/c1-16-27(37(4)36-35-16)18-13-24-26(34-15-18)21-7-8-22(30(2,3)39)25(33)29(21)38(24)28(17-9-11-40-12-10-17)20-6-5-19(31)14-23(20)32/h5-8,13-15,17,28,39H,9-12H2,1-4H3. The number of halogens is 3. The highest BCUT2D eigenvalue weighted by Gasteiger charge is 2.34. The lowest BCUT2D eigenvalue weighted by Crippen LogP contribution is -2.28. The first-order valence-corrected chi connectivity index (χ1v) is 13.3. The molecule has 0 amide bonds. The van der Waals surface area contributed by atoms with Gasteiger partial charge in [-0.1, -0.05) is 23.4 Å². The van der Waals surface area contributed by atoms with Crippen LogP contribution in [0.15, 0.2) is 42.6 Å². The number of rotatable bonds is 5. The molecule has 10 heteroatoms. The summed E-state index contributed by atoms with van der Waals surface area (Å²) >= 11 is 0. The van der Waals surface area contributed by atoms with Gasteiger partial charge in [-0.25, -0.2) is 17.9 Å². The van der Waals surface area contributed by atoms with Gasteiger partial charge in [-0.15, -0.1) is 5.10 Å². The zero-order valence-corrected chi connectivity index (χ0v) is 22.8. The maximum Gasteiger partial charge on any atom is 0.153 e. The zero-order chi connectivity index (χ0) is 28.3. The molecule has 1 saturated heterocycles. The summed E-state index contributed by atoms with van der Waals surface area (Å²) in [6.45, 7) is 5.84. The summed E-state index contributed by atoms with van der Waals surface area (Å²) < 4.78 is 55.2. The van der Waals surface area contributed by atoms with E-state index in [1.165, 1.54) is 26.0 Å². The first-order chi connectivity index (χ1) is 19.1. The fourth-order valence-electron chi connectivity index (χ4n) is 6.08. The van der Waals surface area contributed by atoms with E-state index in [0.717, 1.165) is 17.3 Å². The van der Waals surface area contributed by atoms with Gasteiger partial charge in [-0.05, 0) is 51.7 Å². The third-order valence-corrected chi connectivity index (χ3v) is 7.94. The van der Waals surface area contributed by atoms with Gasteiger partial charge in [0.25, 0.3) is 0 Å². The Labute approximate surface area is 229 Å². The summed E-state index contributed by atoms with van der Waals surface area (Å²) in [5, 5.41) is 19.6. The van der Waals surface area contributed by atoms with Crippen molar-refractivity contribution in [3.8, 4) is 11.3 Å². The first-order valence-electron chi connectivity index (χ1n) is 13.3. The minimum atomic E-state index is -1.47. The maximum absolute atomic E-state index is 16.6. The molecule has 7 nitrogen and oxygen atoms in total. The number of ether oxygens (including phenoxy) is 1. The molecular weight excluding hydrogens is 519 g/mol. The Morgan fingerprint density at radius 3 is 2.48 bits per heavy atom. The van der Waals surface area contributed by atoms with Crippen molar-refractivity contribution in [2.45, 2.75) is 45.3 Å². The molecular formula is C30H30F3N5O2. The van der Waals surface area contributed by atoms with Gasteiger partial charge < -0.3 is 14.4 Å². The number of nitrogens with zero attached hydrogens (tertiary/aromatic N) is 5. The molecule has 6 rings (SSSR count). The van der Waals surface area contributed by atoms with Crippen molar-refractivity contribution in [2.75, 3.05) is 13.2 Å². The second-order valence-corrected chi connectivity index (χ2v) is 11.1. The van der Waals surface area contributed by atoms with Crippen LogP contribution in [0.3, 0.4) is 0 Å². The van der Waals surface area contributed by atoms with Crippen LogP contribution in [0.4, 0.5) is 13.2 Å². The Balaban J connectivity index is 1.75. The molecule has 0 spiro atoms. The summed E-state index contributed by atoms with van der Waals surface area (Å²) in [6, 6.07) is 8.04. The Morgan fingerprint density at radius 1 is 1.07 bits per heavy atom. The van der Waals surface area contributed by atoms with E-state index in [0.29, 0.717) is 48.2 Å². The van der Waals surface area contributed by atoms with Gasteiger partial charge in [0, 0.05) is 54.6 Å². The second kappa shape index (κ2) is 9.71. The minimum absolute atomic E-state index is 0.112. The molecule has 5 aromatic rings. The Bertz CT molecular complexity index is 1730. The lowest BCUT2D eigenvalue weighted by Gasteiger charge is -2.33. The van der Waals surface area contributed by atoms with Crippen LogP contribution in [0.5, 0.6) is 0 Å². The van der Waals surface area contributed by atoms with Crippen molar-refractivity contribution in [1.29, 1.82) is 0 Å². The Kier molecular flexibility index (Phi) is 6.42. The first kappa shape index (κ1) is 26.5. The number of fused-ring (bicyclic) bond motifs is 3. The molecule has 1 fully saturated rings. The monoisotopic (exact) mass is 549 g/mol. The Morgan fingerprint density at radius 2 is 1.82 bits per heavy atom. The third kappa shape index (κ3) is 4.26. The van der Waals surface area contributed by atoms with Crippen LogP contribution in [0, 0.1) is 30.3 Å². The third-order valence-electron chi connectivity index (χ3n) is 7.94. The number of hydrogen-bond donors (Lipinski definition) is 1. The average Bonchev–Trinajstić information content (AvgIpc) is 3.42. The van der Waals surface area contributed by atoms with Crippen molar-refractivity contribution >= 4 is 21.9 Å². The highest BCUT2D eigenvalue weighted by atomic mass is 19.1. The van der Waals surface area contributed by atoms with Crippen molar-refractivity contribution in [2.24, 2.45) is 13.0 Å². The fraction of sp³-hybridized carbons (Fsp3) is 0.367. The molecule has 0 aliphatic carbocycles. The lowest BCUT2D eigenvalue weighted by molar-refractivity contribution is 0.0547. The van der Waals surface area contributed by atoms with Gasteiger partial charge in [0.05, 0.1) is 39.6 Å². The predicted octanol–water partition coefficient (Wildman–Crippen LogP) is 5.95. The number of aromatic nitrogens is 5. The lowest BCUT2D eigenvalue weighted by atomic mass is 9.86. The number of aryl methyl sites for hydroxylation is 2. The number of benzene rings is 2. The highest BCUT2D eigenvalue weighted by Crippen LogP contribution is 2.44. The molecule has 2 aromatic carbocycles. The topological polar surface area (TPSA) is 78.0 Å². The molecule has 1 atom stereocenters. The van der Waals surface area contributed by atoms with Gasteiger partial charge in [0.15, 0.2) is 5.82 Å². The molecule has 4 heterocycles. The van der Waals surface area contributed by atoms with E-state index in [1.54, 1.807) is 34.6 Å². The minimum Gasteiger partial charge on any atom is -0.386 e. The molecule has 0 radical (unpaired) electrons. The van der Waals surface area contributed by atoms with Crippen molar-refractivity contribution < 1.29 is 23.0 Å². The predicted molar refractivity (Wildman–Crippen MR) is 145 cm³/mol. The van der Waals surface area contributed by atoms with Crippen molar-refractivity contribution in [3.63, 3.8) is 0 Å². The molecule has 1 N–H and O–H groups in total. The second-order valence-electron chi connectivity index (χ2n) is 11.1. The van der Waals surface area contributed by atoms with Crippen LogP contribution in [-0.2, 0) is 17.4 Å². The molecule has 3 aromatic heterocycles. The molecule has 40 heavy (non-hydrogen) atoms. The summed E-state index contributed by atoms with van der Waals surface area (Å²) in [6.07, 6.45) is 2.90. The number of hydrogen-bond acceptors (Lipinski definition) is 5. The van der Waals surface area contributed by atoms with E-state index in [9.17, 15) is 9.50 Å². The molecule has 0 bridgehead atoms. The molecule has 1 unspecified atom stereocenters. The smallest absolute Gasteiger partial charge is 0.153 e. The largest absolute Gasteiger partial charge is 0.386 e. The van der Waals surface area contributed by atoms with Crippen LogP contribution in [0.25, 0.3) is 33.2 Å². The average molecular weight is 550 g/mol. The number of pyridine rings is 1. The van der Waals surface area contributed by atoms with E-state index in [-0.39, 0.29) is 22.6 Å². The summed E-state index contributed by atoms with van der Waals surface area (Å²) in [4.78, 5) is 4.76. The molecule has 1 aliphatic rings. The summed E-state index contributed by atoms with van der Waals surface area (Å²) in [7, 11) is 1.78. The number of aliphatic hydroxyl groups is 1. The van der Waals surface area contributed by atoms with E-state index in [4.69, 9.17) is 9.72 Å². The molecule has 208 valence electrons.